The number of halogens is 1. The predicted octanol–water partition coefficient (Wildman–Crippen LogP) is 1.43. The van der Waals surface area contributed by atoms with Crippen LogP contribution < -0.4 is 4.90 Å². The van der Waals surface area contributed by atoms with Crippen molar-refractivity contribution < 1.29 is 33.4 Å². The third-order valence-corrected chi connectivity index (χ3v) is 6.64. The van der Waals surface area contributed by atoms with E-state index in [1.165, 1.54) is 18.2 Å². The maximum absolute atomic E-state index is 14.1. The first kappa shape index (κ1) is 21.6. The summed E-state index contributed by atoms with van der Waals surface area (Å²) in [6.45, 7) is 1.53. The number of nitrogens with zero attached hydrogens (tertiary/aromatic N) is 2. The molecule has 1 aromatic rings. The van der Waals surface area contributed by atoms with Gasteiger partial charge in [-0.25, -0.2) is 18.8 Å². The molecule has 5 rings (SSSR count). The molecule has 0 fully saturated rings. The van der Waals surface area contributed by atoms with Crippen molar-refractivity contribution in [2.45, 2.75) is 18.9 Å². The van der Waals surface area contributed by atoms with Gasteiger partial charge in [0.05, 0.1) is 30.0 Å². The number of benzene rings is 1. The summed E-state index contributed by atoms with van der Waals surface area (Å²) in [5.74, 6) is 4.55. The van der Waals surface area contributed by atoms with Crippen LogP contribution in [0, 0.1) is 5.82 Å². The van der Waals surface area contributed by atoms with Crippen LogP contribution in [0.3, 0.4) is 0 Å². The SMILES string of the molecule is CC[C@@]1(O)C(=C=O)OCC2=C1C=C1C3=C(CN1C2=C=O)N(CC=O)c1ccc(F)cc1C3=C=O. The average Bonchev–Trinajstić information content (AvgIpc) is 3.22. The van der Waals surface area contributed by atoms with E-state index in [1.807, 2.05) is 11.9 Å². The van der Waals surface area contributed by atoms with E-state index in [9.17, 15) is 28.7 Å². The molecule has 4 heterocycles. The number of allylic oxidation sites excluding steroid dienone is 1. The van der Waals surface area contributed by atoms with Gasteiger partial charge in [0, 0.05) is 28.0 Å². The fourth-order valence-corrected chi connectivity index (χ4v) is 5.05. The molecule has 0 amide bonds. The van der Waals surface area contributed by atoms with Gasteiger partial charge >= 0.3 is 0 Å². The molecule has 170 valence electrons. The Hall–Kier alpha value is -4.25. The van der Waals surface area contributed by atoms with E-state index in [-0.39, 0.29) is 54.3 Å². The van der Waals surface area contributed by atoms with Crippen molar-refractivity contribution >= 4 is 35.4 Å². The average molecular weight is 460 g/mol. The van der Waals surface area contributed by atoms with Crippen molar-refractivity contribution in [3.63, 3.8) is 0 Å². The normalized spacial score (nSPS) is 22.7. The molecule has 0 unspecified atom stereocenters. The number of carbonyl (C=O) groups is 1. The molecule has 9 heteroatoms. The Morgan fingerprint density at radius 2 is 2.03 bits per heavy atom. The van der Waals surface area contributed by atoms with E-state index in [4.69, 9.17) is 4.74 Å². The highest BCUT2D eigenvalue weighted by atomic mass is 19.1. The number of ether oxygens (including phenoxy) is 1. The first-order valence-corrected chi connectivity index (χ1v) is 10.5. The third-order valence-electron chi connectivity index (χ3n) is 6.64. The van der Waals surface area contributed by atoms with Crippen molar-refractivity contribution in [3.05, 3.63) is 75.2 Å². The van der Waals surface area contributed by atoms with Crippen molar-refractivity contribution in [1.29, 1.82) is 0 Å². The van der Waals surface area contributed by atoms with Gasteiger partial charge in [0.2, 0.25) is 5.76 Å². The van der Waals surface area contributed by atoms with Crippen LogP contribution in [0.1, 0.15) is 18.9 Å². The molecule has 0 aliphatic carbocycles. The van der Waals surface area contributed by atoms with Crippen molar-refractivity contribution in [1.82, 2.24) is 4.90 Å². The Bertz CT molecular complexity index is 1420. The van der Waals surface area contributed by atoms with E-state index >= 15 is 0 Å². The molecule has 1 aromatic carbocycles. The largest absolute Gasteiger partial charge is 0.479 e. The van der Waals surface area contributed by atoms with E-state index in [2.05, 4.69) is 0 Å². The minimum atomic E-state index is -1.84. The summed E-state index contributed by atoms with van der Waals surface area (Å²) in [5, 5.41) is 11.3. The quantitative estimate of drug-likeness (QED) is 0.534. The standard InChI is InChI=1S/C25H17FN2O6/c1-2-25(33)18-8-20-24-16(10-30)15-7-14(26)3-4-19(15)27(5-6-29)21(24)9-28(20)22(11-31)17(18)13-34-23(25)12-32/h3-4,6-8,33H,2,5,9,13H2,1H3/t25-/m0/s1. The second-order valence-electron chi connectivity index (χ2n) is 8.13. The topological polar surface area (TPSA) is 104 Å². The van der Waals surface area contributed by atoms with Crippen LogP contribution in [0.4, 0.5) is 10.1 Å². The molecular formula is C25H17FN2O6. The predicted molar refractivity (Wildman–Crippen MR) is 117 cm³/mol. The summed E-state index contributed by atoms with van der Waals surface area (Å²) in [6.07, 6.45) is 2.33. The lowest BCUT2D eigenvalue weighted by Crippen LogP contribution is -2.42. The van der Waals surface area contributed by atoms with E-state index in [0.29, 0.717) is 34.5 Å². The van der Waals surface area contributed by atoms with E-state index in [1.54, 1.807) is 28.7 Å². The maximum atomic E-state index is 14.1. The smallest absolute Gasteiger partial charge is 0.216 e. The van der Waals surface area contributed by atoms with Crippen molar-refractivity contribution in [3.8, 4) is 0 Å². The highest BCUT2D eigenvalue weighted by Gasteiger charge is 2.49. The van der Waals surface area contributed by atoms with Crippen LogP contribution in [-0.2, 0) is 23.9 Å². The number of fused-ring (bicyclic) bond motifs is 3. The molecule has 0 aromatic heterocycles. The Morgan fingerprint density at radius 1 is 1.24 bits per heavy atom. The number of rotatable bonds is 3. The van der Waals surface area contributed by atoms with Gasteiger partial charge in [-0.1, -0.05) is 6.92 Å². The van der Waals surface area contributed by atoms with Gasteiger partial charge in [-0.15, -0.1) is 0 Å². The van der Waals surface area contributed by atoms with Crippen LogP contribution in [-0.4, -0.2) is 59.4 Å². The van der Waals surface area contributed by atoms with Crippen molar-refractivity contribution in [2.24, 2.45) is 0 Å². The fraction of sp³-hybridized carbons (Fsp3) is 0.240. The summed E-state index contributed by atoms with van der Waals surface area (Å²) >= 11 is 0. The second-order valence-corrected chi connectivity index (χ2v) is 8.13. The van der Waals surface area contributed by atoms with Gasteiger partial charge in [-0.3, -0.25) is 0 Å². The third kappa shape index (κ3) is 2.70. The molecule has 0 saturated carbocycles. The number of anilines is 1. The van der Waals surface area contributed by atoms with Crippen molar-refractivity contribution in [2.75, 3.05) is 24.6 Å². The first-order chi connectivity index (χ1) is 16.4. The van der Waals surface area contributed by atoms with Gasteiger partial charge < -0.3 is 24.4 Å². The fourth-order valence-electron chi connectivity index (χ4n) is 5.05. The lowest BCUT2D eigenvalue weighted by molar-refractivity contribution is -0.106. The van der Waals surface area contributed by atoms with Crippen LogP contribution in [0.15, 0.2) is 63.8 Å². The van der Waals surface area contributed by atoms with E-state index in [0.717, 1.165) is 0 Å². The molecule has 0 saturated heterocycles. The number of hydrogen-bond donors (Lipinski definition) is 1. The molecule has 1 N–H and O–H groups in total. The van der Waals surface area contributed by atoms with Crippen LogP contribution >= 0.6 is 0 Å². The summed E-state index contributed by atoms with van der Waals surface area (Å²) in [4.78, 5) is 50.5. The zero-order valence-corrected chi connectivity index (χ0v) is 18.0. The molecule has 8 nitrogen and oxygen atoms in total. The molecule has 1 atom stereocenters. The van der Waals surface area contributed by atoms with Crippen LogP contribution in [0.25, 0.3) is 5.57 Å². The number of carbonyl (C=O) groups excluding carboxylic acids is 4. The number of hydrogen-bond acceptors (Lipinski definition) is 8. The Balaban J connectivity index is 1.80. The van der Waals surface area contributed by atoms with Gasteiger partial charge in [0.25, 0.3) is 0 Å². The molecular weight excluding hydrogens is 443 g/mol. The molecule has 34 heavy (non-hydrogen) atoms. The first-order valence-electron chi connectivity index (χ1n) is 10.5. The van der Waals surface area contributed by atoms with Gasteiger partial charge in [-0.2, -0.15) is 0 Å². The van der Waals surface area contributed by atoms with Crippen LogP contribution in [0.5, 0.6) is 0 Å². The molecule has 0 radical (unpaired) electrons. The Morgan fingerprint density at radius 3 is 2.68 bits per heavy atom. The van der Waals surface area contributed by atoms with Gasteiger partial charge in [-0.05, 0) is 30.7 Å². The minimum absolute atomic E-state index is 0.0555. The van der Waals surface area contributed by atoms with E-state index < -0.39 is 11.4 Å². The zero-order chi connectivity index (χ0) is 24.2. The number of aldehydes is 1. The number of aliphatic hydroxyl groups is 1. The summed E-state index contributed by atoms with van der Waals surface area (Å²) in [6, 6.07) is 3.90. The van der Waals surface area contributed by atoms with Crippen LogP contribution in [0.2, 0.25) is 0 Å². The summed E-state index contributed by atoms with van der Waals surface area (Å²) in [5.41, 5.74) is 0.881. The Kier molecular flexibility index (Phi) is 4.87. The Labute approximate surface area is 192 Å². The second kappa shape index (κ2) is 7.66. The lowest BCUT2D eigenvalue weighted by Gasteiger charge is -2.39. The zero-order valence-electron chi connectivity index (χ0n) is 18.0. The highest BCUT2D eigenvalue weighted by Crippen LogP contribution is 2.52. The maximum Gasteiger partial charge on any atom is 0.216 e. The summed E-state index contributed by atoms with van der Waals surface area (Å²) in [7, 11) is 0. The van der Waals surface area contributed by atoms with Gasteiger partial charge in [0.15, 0.2) is 17.5 Å². The highest BCUT2D eigenvalue weighted by molar-refractivity contribution is 6.07. The summed E-state index contributed by atoms with van der Waals surface area (Å²) < 4.78 is 19.6. The molecule has 0 bridgehead atoms. The minimum Gasteiger partial charge on any atom is -0.479 e. The molecule has 0 spiro atoms. The molecule has 4 aliphatic heterocycles. The van der Waals surface area contributed by atoms with Gasteiger partial charge in [0.1, 0.15) is 30.3 Å². The monoisotopic (exact) mass is 460 g/mol. The lowest BCUT2D eigenvalue weighted by atomic mass is 9.79. The molecule has 4 aliphatic rings.